The number of hydrogen-bond donors (Lipinski definition) is 2. The number of rotatable bonds is 3. The molecule has 0 aliphatic rings. The van der Waals surface area contributed by atoms with Gasteiger partial charge in [0.1, 0.15) is 0 Å². The standard InChI is InChI=1S/C12H12F3N3O/c13-12(14,15)8-2-1-3-9(4-8)18-7-17-5-11(18)10(16)6-19/h1-5,7,10,19H,6,16H2. The average Bonchev–Trinajstić information content (AvgIpc) is 2.86. The molecule has 4 nitrogen and oxygen atoms in total. The summed E-state index contributed by atoms with van der Waals surface area (Å²) in [6.07, 6.45) is -1.63. The first kappa shape index (κ1) is 13.6. The van der Waals surface area contributed by atoms with Crippen molar-refractivity contribution in [2.45, 2.75) is 12.2 Å². The van der Waals surface area contributed by atoms with Crippen molar-refractivity contribution in [1.82, 2.24) is 9.55 Å². The fourth-order valence-corrected chi connectivity index (χ4v) is 1.72. The zero-order chi connectivity index (χ0) is 14.0. The van der Waals surface area contributed by atoms with Gasteiger partial charge in [0, 0.05) is 5.69 Å². The summed E-state index contributed by atoms with van der Waals surface area (Å²) in [4.78, 5) is 3.85. The molecule has 0 saturated heterocycles. The van der Waals surface area contributed by atoms with Gasteiger partial charge < -0.3 is 15.4 Å². The van der Waals surface area contributed by atoms with Gasteiger partial charge in [-0.05, 0) is 18.2 Å². The van der Waals surface area contributed by atoms with E-state index >= 15 is 0 Å². The highest BCUT2D eigenvalue weighted by atomic mass is 19.4. The lowest BCUT2D eigenvalue weighted by Crippen LogP contribution is -2.18. The molecule has 1 unspecified atom stereocenters. The minimum Gasteiger partial charge on any atom is -0.394 e. The molecule has 1 atom stereocenters. The largest absolute Gasteiger partial charge is 0.416 e. The van der Waals surface area contributed by atoms with Crippen molar-refractivity contribution in [3.63, 3.8) is 0 Å². The lowest BCUT2D eigenvalue weighted by atomic mass is 10.1. The number of aliphatic hydroxyl groups is 1. The first-order valence-electron chi connectivity index (χ1n) is 5.50. The lowest BCUT2D eigenvalue weighted by Gasteiger charge is -2.14. The molecule has 0 amide bonds. The van der Waals surface area contributed by atoms with Crippen LogP contribution < -0.4 is 5.73 Å². The highest BCUT2D eigenvalue weighted by Crippen LogP contribution is 2.30. The molecule has 2 rings (SSSR count). The normalized spacial score (nSPS) is 13.5. The summed E-state index contributed by atoms with van der Waals surface area (Å²) in [5, 5.41) is 9.02. The van der Waals surface area contributed by atoms with E-state index < -0.39 is 17.8 Å². The zero-order valence-electron chi connectivity index (χ0n) is 9.80. The van der Waals surface area contributed by atoms with E-state index in [1.165, 1.54) is 29.2 Å². The van der Waals surface area contributed by atoms with E-state index in [1.807, 2.05) is 0 Å². The summed E-state index contributed by atoms with van der Waals surface area (Å²) in [5.41, 5.74) is 5.66. The van der Waals surface area contributed by atoms with E-state index in [0.717, 1.165) is 12.1 Å². The van der Waals surface area contributed by atoms with Crippen molar-refractivity contribution in [1.29, 1.82) is 0 Å². The number of nitrogens with zero attached hydrogens (tertiary/aromatic N) is 2. The van der Waals surface area contributed by atoms with Gasteiger partial charge in [0.2, 0.25) is 0 Å². The Balaban J connectivity index is 2.46. The van der Waals surface area contributed by atoms with Gasteiger partial charge in [-0.2, -0.15) is 13.2 Å². The second-order valence-electron chi connectivity index (χ2n) is 4.03. The number of imidazole rings is 1. The number of hydrogen-bond acceptors (Lipinski definition) is 3. The van der Waals surface area contributed by atoms with Gasteiger partial charge in [-0.15, -0.1) is 0 Å². The Labute approximate surface area is 107 Å². The number of aliphatic hydroxyl groups excluding tert-OH is 1. The van der Waals surface area contributed by atoms with Crippen molar-refractivity contribution in [2.75, 3.05) is 6.61 Å². The van der Waals surface area contributed by atoms with Crippen LogP contribution in [0.2, 0.25) is 0 Å². The number of benzene rings is 1. The van der Waals surface area contributed by atoms with Gasteiger partial charge in [-0.1, -0.05) is 6.07 Å². The summed E-state index contributed by atoms with van der Waals surface area (Å²) < 4.78 is 39.4. The highest BCUT2D eigenvalue weighted by molar-refractivity contribution is 5.39. The van der Waals surface area contributed by atoms with Gasteiger partial charge in [0.15, 0.2) is 0 Å². The highest BCUT2D eigenvalue weighted by Gasteiger charge is 2.30. The molecule has 0 spiro atoms. The third-order valence-corrected chi connectivity index (χ3v) is 2.70. The van der Waals surface area contributed by atoms with Crippen LogP contribution in [0.25, 0.3) is 5.69 Å². The zero-order valence-corrected chi connectivity index (χ0v) is 9.80. The van der Waals surface area contributed by atoms with E-state index in [0.29, 0.717) is 11.4 Å². The minimum absolute atomic E-state index is 0.297. The van der Waals surface area contributed by atoms with Gasteiger partial charge >= 0.3 is 6.18 Å². The molecule has 0 fully saturated rings. The van der Waals surface area contributed by atoms with Crippen LogP contribution in [0.1, 0.15) is 17.3 Å². The smallest absolute Gasteiger partial charge is 0.394 e. The monoisotopic (exact) mass is 271 g/mol. The van der Waals surface area contributed by atoms with E-state index in [-0.39, 0.29) is 6.61 Å². The molecule has 0 saturated carbocycles. The molecule has 102 valence electrons. The third kappa shape index (κ3) is 2.77. The van der Waals surface area contributed by atoms with Crippen molar-refractivity contribution in [3.05, 3.63) is 48.0 Å². The number of nitrogens with two attached hydrogens (primary N) is 1. The molecule has 19 heavy (non-hydrogen) atoms. The summed E-state index contributed by atoms with van der Waals surface area (Å²) in [7, 11) is 0. The summed E-state index contributed by atoms with van der Waals surface area (Å²) in [6, 6.07) is 4.13. The van der Waals surface area contributed by atoms with Crippen LogP contribution >= 0.6 is 0 Å². The maximum Gasteiger partial charge on any atom is 0.416 e. The first-order valence-corrected chi connectivity index (χ1v) is 5.50. The van der Waals surface area contributed by atoms with E-state index in [2.05, 4.69) is 4.98 Å². The Hall–Kier alpha value is -1.86. The molecule has 0 aliphatic carbocycles. The van der Waals surface area contributed by atoms with Crippen LogP contribution in [0.4, 0.5) is 13.2 Å². The van der Waals surface area contributed by atoms with E-state index in [1.54, 1.807) is 0 Å². The molecule has 0 aliphatic heterocycles. The predicted molar refractivity (Wildman–Crippen MR) is 62.6 cm³/mol. The summed E-state index contributed by atoms with van der Waals surface area (Å²) in [6.45, 7) is -0.315. The minimum atomic E-state index is -4.41. The van der Waals surface area contributed by atoms with E-state index in [4.69, 9.17) is 10.8 Å². The van der Waals surface area contributed by atoms with Crippen molar-refractivity contribution >= 4 is 0 Å². The Bertz CT molecular complexity index is 565. The Morgan fingerprint density at radius 2 is 2.11 bits per heavy atom. The molecule has 1 aromatic carbocycles. The van der Waals surface area contributed by atoms with Crippen LogP contribution in [0.3, 0.4) is 0 Å². The number of aromatic nitrogens is 2. The van der Waals surface area contributed by atoms with Gasteiger partial charge in [-0.25, -0.2) is 4.98 Å². The Kier molecular flexibility index (Phi) is 3.59. The topological polar surface area (TPSA) is 64.1 Å². The van der Waals surface area contributed by atoms with Crippen molar-refractivity contribution < 1.29 is 18.3 Å². The maximum atomic E-state index is 12.6. The molecule has 0 radical (unpaired) electrons. The average molecular weight is 271 g/mol. The molecule has 0 bridgehead atoms. The van der Waals surface area contributed by atoms with Gasteiger partial charge in [0.05, 0.1) is 36.4 Å². The Morgan fingerprint density at radius 1 is 1.37 bits per heavy atom. The van der Waals surface area contributed by atoms with Crippen LogP contribution in [-0.4, -0.2) is 21.3 Å². The van der Waals surface area contributed by atoms with Gasteiger partial charge in [0.25, 0.3) is 0 Å². The van der Waals surface area contributed by atoms with Crippen molar-refractivity contribution in [3.8, 4) is 5.69 Å². The fourth-order valence-electron chi connectivity index (χ4n) is 1.72. The predicted octanol–water partition coefficient (Wildman–Crippen LogP) is 1.88. The van der Waals surface area contributed by atoms with Crippen LogP contribution in [0, 0.1) is 0 Å². The number of halogens is 3. The quantitative estimate of drug-likeness (QED) is 0.896. The molecule has 1 heterocycles. The first-order chi connectivity index (χ1) is 8.93. The second-order valence-corrected chi connectivity index (χ2v) is 4.03. The third-order valence-electron chi connectivity index (χ3n) is 2.70. The lowest BCUT2D eigenvalue weighted by molar-refractivity contribution is -0.137. The maximum absolute atomic E-state index is 12.6. The van der Waals surface area contributed by atoms with Crippen molar-refractivity contribution in [2.24, 2.45) is 5.73 Å². The SMILES string of the molecule is NC(CO)c1cncn1-c1cccc(C(F)(F)F)c1. The fraction of sp³-hybridized carbons (Fsp3) is 0.250. The molecular weight excluding hydrogens is 259 g/mol. The summed E-state index contributed by atoms with van der Waals surface area (Å²) >= 11 is 0. The molecule has 1 aromatic heterocycles. The molecular formula is C12H12F3N3O. The van der Waals surface area contributed by atoms with Crippen LogP contribution in [-0.2, 0) is 6.18 Å². The molecule has 3 N–H and O–H groups in total. The van der Waals surface area contributed by atoms with E-state index in [9.17, 15) is 13.2 Å². The summed E-state index contributed by atoms with van der Waals surface area (Å²) in [5.74, 6) is 0. The van der Waals surface area contributed by atoms with Crippen LogP contribution in [0.5, 0.6) is 0 Å². The molecule has 2 aromatic rings. The Morgan fingerprint density at radius 3 is 2.74 bits per heavy atom. The van der Waals surface area contributed by atoms with Crippen LogP contribution in [0.15, 0.2) is 36.8 Å². The molecule has 7 heteroatoms. The number of alkyl halides is 3. The second kappa shape index (κ2) is 5.02. The van der Waals surface area contributed by atoms with Gasteiger partial charge in [-0.3, -0.25) is 0 Å².